The first kappa shape index (κ1) is 22.7. The molecule has 0 bridgehead atoms. The van der Waals surface area contributed by atoms with E-state index < -0.39 is 10.8 Å². The Morgan fingerprint density at radius 3 is 2.03 bits per heavy atom. The number of hydrogen-bond donors (Lipinski definition) is 2. The summed E-state index contributed by atoms with van der Waals surface area (Å²) in [4.78, 5) is 24.2. The number of nitrogens with one attached hydrogen (secondary N) is 2. The SMILES string of the molecule is CC(C)(C)C(=O)Nc1nnc(C[C@@H]2CC[C@H](c3nnc(NC(=O)C(C)(C)C)s3)C2)s1. The van der Waals surface area contributed by atoms with Crippen molar-refractivity contribution in [2.45, 2.75) is 73.1 Å². The van der Waals surface area contributed by atoms with Crippen molar-refractivity contribution < 1.29 is 9.59 Å². The lowest BCUT2D eigenvalue weighted by atomic mass is 9.96. The molecule has 1 aliphatic rings. The molecule has 8 nitrogen and oxygen atoms in total. The summed E-state index contributed by atoms with van der Waals surface area (Å²) in [7, 11) is 0. The molecule has 0 unspecified atom stereocenters. The number of nitrogens with zero attached hydrogens (tertiary/aromatic N) is 4. The van der Waals surface area contributed by atoms with Crippen LogP contribution in [0.1, 0.15) is 76.7 Å². The van der Waals surface area contributed by atoms with E-state index in [1.54, 1.807) is 0 Å². The molecule has 1 fully saturated rings. The monoisotopic (exact) mass is 450 g/mol. The number of anilines is 2. The first-order valence-electron chi connectivity index (χ1n) is 10.2. The average Bonchev–Trinajstić information content (AvgIpc) is 3.35. The van der Waals surface area contributed by atoms with Gasteiger partial charge in [0.2, 0.25) is 22.1 Å². The zero-order valence-corrected chi connectivity index (χ0v) is 20.0. The quantitative estimate of drug-likeness (QED) is 0.695. The van der Waals surface area contributed by atoms with Crippen LogP contribution in [0.3, 0.4) is 0 Å². The Morgan fingerprint density at radius 1 is 0.867 bits per heavy atom. The van der Waals surface area contributed by atoms with Crippen molar-refractivity contribution in [2.75, 3.05) is 10.6 Å². The van der Waals surface area contributed by atoms with E-state index in [9.17, 15) is 9.59 Å². The van der Waals surface area contributed by atoms with Gasteiger partial charge in [-0.05, 0) is 25.2 Å². The molecule has 164 valence electrons. The van der Waals surface area contributed by atoms with Crippen LogP contribution in [0, 0.1) is 16.7 Å². The average molecular weight is 451 g/mol. The second-order valence-electron chi connectivity index (χ2n) is 9.93. The third-order valence-corrected chi connectivity index (χ3v) is 6.93. The van der Waals surface area contributed by atoms with Crippen molar-refractivity contribution in [3.05, 3.63) is 10.0 Å². The van der Waals surface area contributed by atoms with E-state index in [2.05, 4.69) is 31.0 Å². The van der Waals surface area contributed by atoms with Crippen molar-refractivity contribution in [2.24, 2.45) is 16.7 Å². The number of carbonyl (C=O) groups is 2. The summed E-state index contributed by atoms with van der Waals surface area (Å²) >= 11 is 2.92. The molecular formula is C20H30N6O2S2. The molecule has 2 atom stereocenters. The normalized spacial score (nSPS) is 19.7. The Labute approximate surface area is 185 Å². The Kier molecular flexibility index (Phi) is 6.57. The fourth-order valence-electron chi connectivity index (χ4n) is 3.14. The summed E-state index contributed by atoms with van der Waals surface area (Å²) in [5, 5.41) is 25.6. The highest BCUT2D eigenvalue weighted by atomic mass is 32.1. The number of amides is 2. The highest BCUT2D eigenvalue weighted by molar-refractivity contribution is 7.15. The van der Waals surface area contributed by atoms with E-state index in [1.165, 1.54) is 22.7 Å². The van der Waals surface area contributed by atoms with Gasteiger partial charge in [-0.25, -0.2) is 0 Å². The summed E-state index contributed by atoms with van der Waals surface area (Å²) in [5.41, 5.74) is -0.922. The third kappa shape index (κ3) is 5.81. The van der Waals surface area contributed by atoms with Gasteiger partial charge in [-0.2, -0.15) is 0 Å². The van der Waals surface area contributed by atoms with E-state index in [0.29, 0.717) is 22.1 Å². The molecule has 0 saturated heterocycles. The molecule has 0 spiro atoms. The predicted octanol–water partition coefficient (Wildman–Crippen LogP) is 4.49. The Bertz CT molecular complexity index is 909. The molecule has 30 heavy (non-hydrogen) atoms. The fourth-order valence-corrected chi connectivity index (χ4v) is 4.87. The standard InChI is InChI=1S/C20H30N6O2S2/c1-19(2,3)15(27)21-17-25-23-13(29-17)10-11-7-8-12(9-11)14-24-26-18(30-14)22-16(28)20(4,5)6/h11-12H,7-10H2,1-6H3,(H,21,25,27)(H,22,26,28)/t11-,12+/m1/s1. The molecule has 10 heteroatoms. The smallest absolute Gasteiger partial charge is 0.231 e. The van der Waals surface area contributed by atoms with Crippen LogP contribution in [0.25, 0.3) is 0 Å². The molecular weight excluding hydrogens is 420 g/mol. The van der Waals surface area contributed by atoms with Gasteiger partial charge in [0, 0.05) is 23.2 Å². The lowest BCUT2D eigenvalue weighted by molar-refractivity contribution is -0.123. The van der Waals surface area contributed by atoms with Gasteiger partial charge in [-0.3, -0.25) is 9.59 Å². The van der Waals surface area contributed by atoms with Gasteiger partial charge in [0.15, 0.2) is 0 Å². The van der Waals surface area contributed by atoms with Crippen LogP contribution < -0.4 is 10.6 Å². The maximum absolute atomic E-state index is 12.1. The number of hydrogen-bond acceptors (Lipinski definition) is 8. The predicted molar refractivity (Wildman–Crippen MR) is 120 cm³/mol. The maximum atomic E-state index is 12.1. The molecule has 1 aliphatic carbocycles. The molecule has 2 aromatic rings. The van der Waals surface area contributed by atoms with Gasteiger partial charge in [-0.1, -0.05) is 64.2 Å². The summed E-state index contributed by atoms with van der Waals surface area (Å²) in [6.07, 6.45) is 4.02. The zero-order valence-electron chi connectivity index (χ0n) is 18.4. The molecule has 2 amide bonds. The fraction of sp³-hybridized carbons (Fsp3) is 0.700. The van der Waals surface area contributed by atoms with Gasteiger partial charge < -0.3 is 10.6 Å². The van der Waals surface area contributed by atoms with Gasteiger partial charge in [-0.15, -0.1) is 20.4 Å². The Hall–Kier alpha value is -1.94. The molecule has 3 rings (SSSR count). The molecule has 1 saturated carbocycles. The second kappa shape index (κ2) is 8.66. The van der Waals surface area contributed by atoms with Gasteiger partial charge in [0.25, 0.3) is 0 Å². The molecule has 2 aromatic heterocycles. The van der Waals surface area contributed by atoms with E-state index >= 15 is 0 Å². The topological polar surface area (TPSA) is 110 Å². The first-order chi connectivity index (χ1) is 13.9. The maximum Gasteiger partial charge on any atom is 0.231 e. The minimum Gasteiger partial charge on any atom is -0.300 e. The van der Waals surface area contributed by atoms with Gasteiger partial charge >= 0.3 is 0 Å². The summed E-state index contributed by atoms with van der Waals surface area (Å²) in [6, 6.07) is 0. The van der Waals surface area contributed by atoms with Crippen LogP contribution in [0.4, 0.5) is 10.3 Å². The van der Waals surface area contributed by atoms with E-state index in [4.69, 9.17) is 0 Å². The molecule has 0 radical (unpaired) electrons. The first-order valence-corrected chi connectivity index (χ1v) is 11.8. The van der Waals surface area contributed by atoms with Gasteiger partial charge in [0.05, 0.1) is 0 Å². The Balaban J connectivity index is 1.53. The van der Waals surface area contributed by atoms with Crippen LogP contribution in [0.2, 0.25) is 0 Å². The molecule has 2 heterocycles. The van der Waals surface area contributed by atoms with E-state index in [0.717, 1.165) is 35.7 Å². The van der Waals surface area contributed by atoms with E-state index in [-0.39, 0.29) is 11.8 Å². The summed E-state index contributed by atoms with van der Waals surface area (Å²) < 4.78 is 0. The van der Waals surface area contributed by atoms with Crippen molar-refractivity contribution in [3.63, 3.8) is 0 Å². The highest BCUT2D eigenvalue weighted by Crippen LogP contribution is 2.41. The molecule has 0 aromatic carbocycles. The van der Waals surface area contributed by atoms with Crippen molar-refractivity contribution >= 4 is 44.8 Å². The van der Waals surface area contributed by atoms with Crippen LogP contribution in [0.5, 0.6) is 0 Å². The lowest BCUT2D eigenvalue weighted by Gasteiger charge is -2.15. The minimum atomic E-state index is -0.461. The zero-order chi connectivity index (χ0) is 22.1. The Morgan fingerprint density at radius 2 is 1.43 bits per heavy atom. The lowest BCUT2D eigenvalue weighted by Crippen LogP contribution is -2.27. The summed E-state index contributed by atoms with van der Waals surface area (Å²) in [5.74, 6) is 0.753. The van der Waals surface area contributed by atoms with Crippen molar-refractivity contribution in [1.82, 2.24) is 20.4 Å². The highest BCUT2D eigenvalue weighted by Gasteiger charge is 2.30. The van der Waals surface area contributed by atoms with Crippen LogP contribution in [-0.2, 0) is 16.0 Å². The van der Waals surface area contributed by atoms with Crippen LogP contribution in [-0.4, -0.2) is 32.2 Å². The molecule has 2 N–H and O–H groups in total. The minimum absolute atomic E-state index is 0.0554. The second-order valence-corrected chi connectivity index (χ2v) is 12.0. The number of rotatable bonds is 5. The van der Waals surface area contributed by atoms with Gasteiger partial charge in [0.1, 0.15) is 10.0 Å². The number of carbonyl (C=O) groups excluding carboxylic acids is 2. The van der Waals surface area contributed by atoms with Crippen molar-refractivity contribution in [3.8, 4) is 0 Å². The van der Waals surface area contributed by atoms with Crippen molar-refractivity contribution in [1.29, 1.82) is 0 Å². The van der Waals surface area contributed by atoms with Crippen LogP contribution >= 0.6 is 22.7 Å². The molecule has 0 aliphatic heterocycles. The van der Waals surface area contributed by atoms with E-state index in [1.807, 2.05) is 41.5 Å². The summed E-state index contributed by atoms with van der Waals surface area (Å²) in [6.45, 7) is 11.2. The largest absolute Gasteiger partial charge is 0.300 e. The number of aromatic nitrogens is 4. The third-order valence-electron chi connectivity index (χ3n) is 5.06. The van der Waals surface area contributed by atoms with Crippen LogP contribution in [0.15, 0.2) is 0 Å².